The minimum atomic E-state index is -0.665. The number of hydrogen-bond acceptors (Lipinski definition) is 4. The summed E-state index contributed by atoms with van der Waals surface area (Å²) in [5.74, 6) is 2.37. The predicted molar refractivity (Wildman–Crippen MR) is 231 cm³/mol. The SMILES string of the molecule is N#Cc1ccc(-c2ccc(-c3cccc4c3Oc3ccccc3C43c4ccccc4-c4c(-c5cc(-c6ccccc6)nc(-c6ccccc6)n5)cccc43)cc2)cc1. The van der Waals surface area contributed by atoms with Crippen molar-refractivity contribution in [3.63, 3.8) is 0 Å². The van der Waals surface area contributed by atoms with Crippen LogP contribution >= 0.6 is 0 Å². The zero-order valence-corrected chi connectivity index (χ0v) is 31.3. The Hall–Kier alpha value is -7.87. The van der Waals surface area contributed by atoms with E-state index >= 15 is 0 Å². The van der Waals surface area contributed by atoms with E-state index in [1.54, 1.807) is 0 Å². The monoisotopic (exact) mass is 739 g/mol. The summed E-state index contributed by atoms with van der Waals surface area (Å²) >= 11 is 0. The van der Waals surface area contributed by atoms with E-state index in [-0.39, 0.29) is 0 Å². The molecular formula is C54H33N3O. The zero-order chi connectivity index (χ0) is 38.6. The largest absolute Gasteiger partial charge is 0.456 e. The molecule has 0 N–H and O–H groups in total. The molecule has 0 bridgehead atoms. The molecule has 4 heteroatoms. The first-order chi connectivity index (χ1) is 28.7. The van der Waals surface area contributed by atoms with Crippen molar-refractivity contribution < 1.29 is 4.74 Å². The first-order valence-electron chi connectivity index (χ1n) is 19.5. The Morgan fingerprint density at radius 1 is 0.414 bits per heavy atom. The Balaban J connectivity index is 1.14. The molecular weight excluding hydrogens is 707 g/mol. The molecule has 4 nitrogen and oxygen atoms in total. The second kappa shape index (κ2) is 13.4. The van der Waals surface area contributed by atoms with Gasteiger partial charge in [0.25, 0.3) is 0 Å². The topological polar surface area (TPSA) is 58.8 Å². The van der Waals surface area contributed by atoms with Crippen LogP contribution in [-0.4, -0.2) is 9.97 Å². The zero-order valence-electron chi connectivity index (χ0n) is 31.3. The molecule has 8 aromatic carbocycles. The van der Waals surface area contributed by atoms with Crippen molar-refractivity contribution in [1.82, 2.24) is 9.97 Å². The highest BCUT2D eigenvalue weighted by molar-refractivity contribution is 5.97. The quantitative estimate of drug-likeness (QED) is 0.176. The van der Waals surface area contributed by atoms with Crippen molar-refractivity contribution in [2.45, 2.75) is 5.41 Å². The van der Waals surface area contributed by atoms with Crippen LogP contribution in [0.3, 0.4) is 0 Å². The van der Waals surface area contributed by atoms with Crippen LogP contribution in [0.15, 0.2) is 200 Å². The Morgan fingerprint density at radius 3 is 1.71 bits per heavy atom. The van der Waals surface area contributed by atoms with Crippen molar-refractivity contribution in [2.24, 2.45) is 0 Å². The van der Waals surface area contributed by atoms with E-state index in [0.717, 1.165) is 78.5 Å². The minimum Gasteiger partial charge on any atom is -0.456 e. The number of hydrogen-bond donors (Lipinski definition) is 0. The van der Waals surface area contributed by atoms with Gasteiger partial charge in [0.15, 0.2) is 5.82 Å². The van der Waals surface area contributed by atoms with Crippen LogP contribution in [0.4, 0.5) is 0 Å². The fourth-order valence-electron chi connectivity index (χ4n) is 9.05. The number of fused-ring (bicyclic) bond motifs is 9. The molecule has 1 aliphatic carbocycles. The molecule has 11 rings (SSSR count). The van der Waals surface area contributed by atoms with Crippen LogP contribution in [-0.2, 0) is 5.41 Å². The van der Waals surface area contributed by atoms with E-state index in [4.69, 9.17) is 14.7 Å². The summed E-state index contributed by atoms with van der Waals surface area (Å²) in [6.45, 7) is 0. The first-order valence-corrected chi connectivity index (χ1v) is 19.5. The summed E-state index contributed by atoms with van der Waals surface area (Å²) in [7, 11) is 0. The maximum atomic E-state index is 9.30. The van der Waals surface area contributed by atoms with Gasteiger partial charge < -0.3 is 4.74 Å². The van der Waals surface area contributed by atoms with Crippen LogP contribution < -0.4 is 4.74 Å². The van der Waals surface area contributed by atoms with Gasteiger partial charge in [-0.25, -0.2) is 9.97 Å². The molecule has 1 unspecified atom stereocenters. The molecule has 0 saturated carbocycles. The molecule has 1 atom stereocenters. The van der Waals surface area contributed by atoms with Gasteiger partial charge in [-0.05, 0) is 63.2 Å². The Labute approximate surface area is 337 Å². The first kappa shape index (κ1) is 33.5. The van der Waals surface area contributed by atoms with Gasteiger partial charge in [-0.1, -0.05) is 176 Å². The number of aromatic nitrogens is 2. The maximum absolute atomic E-state index is 9.30. The van der Waals surface area contributed by atoms with Crippen LogP contribution in [0.5, 0.6) is 11.5 Å². The van der Waals surface area contributed by atoms with Crippen molar-refractivity contribution in [3.05, 3.63) is 228 Å². The van der Waals surface area contributed by atoms with Gasteiger partial charge in [0.1, 0.15) is 11.5 Å². The van der Waals surface area contributed by atoms with Crippen LogP contribution in [0.25, 0.3) is 67.3 Å². The van der Waals surface area contributed by atoms with Crippen molar-refractivity contribution >= 4 is 0 Å². The normalized spacial score (nSPS) is 14.4. The van der Waals surface area contributed by atoms with Gasteiger partial charge in [0.2, 0.25) is 0 Å². The standard InChI is InChI=1S/C54H33N3O/c55-34-35-25-27-36(28-26-35)37-29-31-38(32-30-37)41-18-11-23-47-52(41)58-50-24-10-9-21-45(50)54(47)44-20-8-7-17-42(44)51-43(19-12-22-46(51)54)49-33-48(39-13-3-1-4-14-39)56-53(57-49)40-15-5-2-6-16-40/h1-33H. The second-order valence-corrected chi connectivity index (χ2v) is 14.8. The highest BCUT2D eigenvalue weighted by atomic mass is 16.5. The third-order valence-electron chi connectivity index (χ3n) is 11.6. The molecule has 0 fully saturated rings. The smallest absolute Gasteiger partial charge is 0.160 e. The van der Waals surface area contributed by atoms with Gasteiger partial charge in [0, 0.05) is 33.4 Å². The highest BCUT2D eigenvalue weighted by Gasteiger charge is 2.52. The molecule has 58 heavy (non-hydrogen) atoms. The predicted octanol–water partition coefficient (Wildman–Crippen LogP) is 13.2. The van der Waals surface area contributed by atoms with Crippen LogP contribution in [0.2, 0.25) is 0 Å². The molecule has 270 valence electrons. The van der Waals surface area contributed by atoms with Gasteiger partial charge in [0.05, 0.1) is 28.4 Å². The van der Waals surface area contributed by atoms with Gasteiger partial charge in [-0.15, -0.1) is 0 Å². The van der Waals surface area contributed by atoms with E-state index in [2.05, 4.69) is 158 Å². The molecule has 0 saturated heterocycles. The summed E-state index contributed by atoms with van der Waals surface area (Å²) in [5.41, 5.74) is 16.0. The average molecular weight is 740 g/mol. The minimum absolute atomic E-state index is 0.649. The lowest BCUT2D eigenvalue weighted by Crippen LogP contribution is -2.32. The van der Waals surface area contributed by atoms with Crippen LogP contribution in [0.1, 0.15) is 27.8 Å². The summed E-state index contributed by atoms with van der Waals surface area (Å²) in [6, 6.07) is 71.8. The van der Waals surface area contributed by atoms with E-state index in [1.165, 1.54) is 16.7 Å². The van der Waals surface area contributed by atoms with Crippen molar-refractivity contribution in [1.29, 1.82) is 5.26 Å². The number of nitriles is 1. The second-order valence-electron chi connectivity index (χ2n) is 14.8. The summed E-state index contributed by atoms with van der Waals surface area (Å²) in [4.78, 5) is 10.4. The average Bonchev–Trinajstić information content (AvgIpc) is 3.60. The molecule has 0 amide bonds. The lowest BCUT2D eigenvalue weighted by molar-refractivity contribution is 0.438. The molecule has 2 heterocycles. The number of nitrogens with zero attached hydrogens (tertiary/aromatic N) is 3. The molecule has 1 aromatic heterocycles. The van der Waals surface area contributed by atoms with E-state index < -0.39 is 5.41 Å². The fourth-order valence-corrected chi connectivity index (χ4v) is 9.05. The molecule has 1 spiro atoms. The van der Waals surface area contributed by atoms with Crippen molar-refractivity contribution in [2.75, 3.05) is 0 Å². The van der Waals surface area contributed by atoms with Crippen molar-refractivity contribution in [3.8, 4) is 84.9 Å². The van der Waals surface area contributed by atoms with Crippen LogP contribution in [0, 0.1) is 11.3 Å². The molecule has 9 aromatic rings. The van der Waals surface area contributed by atoms with Gasteiger partial charge >= 0.3 is 0 Å². The number of ether oxygens (including phenoxy) is 1. The summed E-state index contributed by atoms with van der Waals surface area (Å²) in [6.07, 6.45) is 0. The lowest BCUT2D eigenvalue weighted by Gasteiger charge is -2.40. The van der Waals surface area contributed by atoms with Gasteiger partial charge in [-0.2, -0.15) is 5.26 Å². The molecule has 0 radical (unpaired) electrons. The van der Waals surface area contributed by atoms with E-state index in [0.29, 0.717) is 11.4 Å². The Kier molecular flexibility index (Phi) is 7.74. The highest BCUT2D eigenvalue weighted by Crippen LogP contribution is 2.64. The summed E-state index contributed by atoms with van der Waals surface area (Å²) < 4.78 is 7.01. The molecule has 1 aliphatic heterocycles. The third kappa shape index (κ3) is 5.15. The molecule has 2 aliphatic rings. The third-order valence-corrected chi connectivity index (χ3v) is 11.6. The maximum Gasteiger partial charge on any atom is 0.160 e. The summed E-state index contributed by atoms with van der Waals surface area (Å²) in [5, 5.41) is 9.30. The lowest BCUT2D eigenvalue weighted by atomic mass is 9.65. The van der Waals surface area contributed by atoms with E-state index in [9.17, 15) is 5.26 Å². The number of para-hydroxylation sites is 2. The fraction of sp³-hybridized carbons (Fsp3) is 0.0185. The number of benzene rings is 8. The number of rotatable bonds is 5. The Bertz CT molecular complexity index is 3020. The van der Waals surface area contributed by atoms with Gasteiger partial charge in [-0.3, -0.25) is 0 Å². The Morgan fingerprint density at radius 2 is 0.966 bits per heavy atom. The van der Waals surface area contributed by atoms with E-state index in [1.807, 2.05) is 48.5 Å².